The molecule has 30 heavy (non-hydrogen) atoms. The van der Waals surface area contributed by atoms with E-state index in [0.29, 0.717) is 22.3 Å². The number of hydrogen-bond donors (Lipinski definition) is 2. The van der Waals surface area contributed by atoms with Crippen LogP contribution in [0.2, 0.25) is 0 Å². The maximum absolute atomic E-state index is 12.5. The third-order valence-corrected chi connectivity index (χ3v) is 4.86. The number of nitrogens with zero attached hydrogens (tertiary/aromatic N) is 3. The predicted octanol–water partition coefficient (Wildman–Crippen LogP) is 3.02. The van der Waals surface area contributed by atoms with Crippen LogP contribution in [0.5, 0.6) is 5.75 Å². The maximum Gasteiger partial charge on any atom is 0.320 e. The van der Waals surface area contributed by atoms with Crippen molar-refractivity contribution in [1.82, 2.24) is 20.3 Å². The predicted molar refractivity (Wildman–Crippen MR) is 114 cm³/mol. The number of anilines is 1. The summed E-state index contributed by atoms with van der Waals surface area (Å²) in [7, 11) is -2.06. The van der Waals surface area contributed by atoms with Gasteiger partial charge in [0, 0.05) is 34.5 Å². The number of carbonyl (C=O) groups is 1. The van der Waals surface area contributed by atoms with Crippen molar-refractivity contribution < 1.29 is 17.9 Å². The third-order valence-electron chi connectivity index (χ3n) is 4.00. The van der Waals surface area contributed by atoms with E-state index in [-0.39, 0.29) is 16.6 Å². The average molecular weight is 430 g/mol. The number of para-hydroxylation sites is 1. The zero-order valence-electron chi connectivity index (χ0n) is 17.3. The number of nitrogens with one attached hydrogen (secondary N) is 2. The van der Waals surface area contributed by atoms with Crippen LogP contribution in [0.3, 0.4) is 0 Å². The molecule has 2 aromatic heterocycles. The van der Waals surface area contributed by atoms with Crippen LogP contribution in [0.1, 0.15) is 20.8 Å². The number of benzene rings is 1. The van der Waals surface area contributed by atoms with Crippen LogP contribution in [0, 0.1) is 0 Å². The van der Waals surface area contributed by atoms with Crippen LogP contribution in [0.15, 0.2) is 41.7 Å². The summed E-state index contributed by atoms with van der Waals surface area (Å²) in [6.07, 6.45) is 2.41. The van der Waals surface area contributed by atoms with Crippen LogP contribution >= 0.6 is 0 Å². The number of fused-ring (bicyclic) bond motifs is 1. The summed E-state index contributed by atoms with van der Waals surface area (Å²) in [5, 5.41) is 5.73. The normalized spacial score (nSPS) is 11.9. The molecule has 3 rings (SSSR count). The number of hydrogen-bond acceptors (Lipinski definition) is 7. The lowest BCUT2D eigenvalue weighted by Gasteiger charge is -2.21. The second-order valence-electron chi connectivity index (χ2n) is 7.75. The minimum Gasteiger partial charge on any atom is -0.496 e. The summed E-state index contributed by atoms with van der Waals surface area (Å²) in [5.41, 5.74) is 0.972. The molecule has 2 heterocycles. The zero-order valence-corrected chi connectivity index (χ0v) is 18.2. The van der Waals surface area contributed by atoms with E-state index in [9.17, 15) is 13.2 Å². The molecule has 1 aromatic carbocycles. The lowest BCUT2D eigenvalue weighted by Crippen LogP contribution is -2.43. The van der Waals surface area contributed by atoms with E-state index in [2.05, 4.69) is 25.6 Å². The highest BCUT2D eigenvalue weighted by Crippen LogP contribution is 2.35. The number of sulfone groups is 1. The topological polar surface area (TPSA) is 123 Å². The first-order chi connectivity index (χ1) is 14.0. The molecule has 2 amide bonds. The second-order valence-corrected chi connectivity index (χ2v) is 9.66. The number of aromatic nitrogens is 3. The van der Waals surface area contributed by atoms with E-state index in [1.165, 1.54) is 6.20 Å². The molecule has 0 bridgehead atoms. The Hall–Kier alpha value is -3.27. The van der Waals surface area contributed by atoms with Crippen LogP contribution in [-0.4, -0.2) is 48.3 Å². The number of pyridine rings is 1. The molecule has 3 aromatic rings. The van der Waals surface area contributed by atoms with E-state index in [0.717, 1.165) is 6.26 Å². The van der Waals surface area contributed by atoms with Gasteiger partial charge < -0.3 is 10.1 Å². The molecule has 0 aliphatic heterocycles. The SMILES string of the molecule is COc1ccccc1-c1cc2cnc(S(C)(=O)=O)nc2nc1NC(=O)NC(C)(C)C. The van der Waals surface area contributed by atoms with Crippen LogP contribution in [0.4, 0.5) is 10.6 Å². The van der Waals surface area contributed by atoms with Gasteiger partial charge in [0.15, 0.2) is 5.65 Å². The standard InChI is InChI=1S/C20H23N5O4S/c1-20(2,3)25-18(26)23-17-14(13-8-6-7-9-15(13)29-4)10-12-11-21-19(30(5,27)28)24-16(12)22-17/h6-11H,1-5H3,(H2,21,22,23,24,25,26). The van der Waals surface area contributed by atoms with Gasteiger partial charge in [-0.25, -0.2) is 23.2 Å². The summed E-state index contributed by atoms with van der Waals surface area (Å²) in [5.74, 6) is 0.804. The van der Waals surface area contributed by atoms with Crippen LogP contribution < -0.4 is 15.4 Å². The summed E-state index contributed by atoms with van der Waals surface area (Å²) in [6.45, 7) is 5.56. The highest BCUT2D eigenvalue weighted by molar-refractivity contribution is 7.90. The first-order valence-corrected chi connectivity index (χ1v) is 11.0. The molecule has 9 nitrogen and oxygen atoms in total. The van der Waals surface area contributed by atoms with Crippen molar-refractivity contribution in [2.75, 3.05) is 18.7 Å². The maximum atomic E-state index is 12.5. The van der Waals surface area contributed by atoms with Gasteiger partial charge in [-0.2, -0.15) is 4.98 Å². The Morgan fingerprint density at radius 1 is 1.10 bits per heavy atom. The van der Waals surface area contributed by atoms with Gasteiger partial charge in [-0.1, -0.05) is 18.2 Å². The van der Waals surface area contributed by atoms with Crippen molar-refractivity contribution in [3.63, 3.8) is 0 Å². The van der Waals surface area contributed by atoms with E-state index >= 15 is 0 Å². The molecule has 0 fully saturated rings. The van der Waals surface area contributed by atoms with Crippen LogP contribution in [0.25, 0.3) is 22.2 Å². The van der Waals surface area contributed by atoms with Gasteiger partial charge in [-0.3, -0.25) is 5.32 Å². The van der Waals surface area contributed by atoms with Crippen molar-refractivity contribution in [2.45, 2.75) is 31.5 Å². The fourth-order valence-electron chi connectivity index (χ4n) is 2.77. The molecule has 0 radical (unpaired) electrons. The van der Waals surface area contributed by atoms with Gasteiger partial charge in [0.05, 0.1) is 7.11 Å². The van der Waals surface area contributed by atoms with Crippen LogP contribution in [-0.2, 0) is 9.84 Å². The summed E-state index contributed by atoms with van der Waals surface area (Å²) < 4.78 is 29.1. The average Bonchev–Trinajstić information content (AvgIpc) is 2.64. The number of rotatable bonds is 4. The molecule has 0 atom stereocenters. The van der Waals surface area contributed by atoms with Crippen molar-refractivity contribution in [3.8, 4) is 16.9 Å². The molecule has 0 saturated carbocycles. The number of urea groups is 1. The van der Waals surface area contributed by atoms with E-state index in [1.807, 2.05) is 39.0 Å². The number of methoxy groups -OCH3 is 1. The number of amides is 2. The second kappa shape index (κ2) is 7.86. The molecule has 0 aliphatic rings. The minimum absolute atomic E-state index is 0.148. The Kier molecular flexibility index (Phi) is 5.62. The molecule has 2 N–H and O–H groups in total. The van der Waals surface area contributed by atoms with Crippen molar-refractivity contribution >= 4 is 32.7 Å². The molecule has 0 saturated heterocycles. The largest absolute Gasteiger partial charge is 0.496 e. The Morgan fingerprint density at radius 2 is 1.80 bits per heavy atom. The fraction of sp³-hybridized carbons (Fsp3) is 0.300. The van der Waals surface area contributed by atoms with Crippen molar-refractivity contribution in [1.29, 1.82) is 0 Å². The summed E-state index contributed by atoms with van der Waals surface area (Å²) in [6, 6.07) is 8.58. The van der Waals surface area contributed by atoms with Gasteiger partial charge in [0.2, 0.25) is 15.0 Å². The van der Waals surface area contributed by atoms with E-state index in [4.69, 9.17) is 4.74 Å². The molecule has 158 valence electrons. The Morgan fingerprint density at radius 3 is 2.43 bits per heavy atom. The van der Waals surface area contributed by atoms with E-state index in [1.54, 1.807) is 19.2 Å². The Bertz CT molecular complexity index is 1220. The Labute approximate surface area is 174 Å². The highest BCUT2D eigenvalue weighted by atomic mass is 32.2. The summed E-state index contributed by atoms with van der Waals surface area (Å²) in [4.78, 5) is 24.9. The molecule has 0 aliphatic carbocycles. The smallest absolute Gasteiger partial charge is 0.320 e. The van der Waals surface area contributed by atoms with Gasteiger partial charge in [0.1, 0.15) is 11.6 Å². The number of ether oxygens (including phenoxy) is 1. The van der Waals surface area contributed by atoms with Crippen molar-refractivity contribution in [3.05, 3.63) is 36.5 Å². The molecule has 10 heteroatoms. The van der Waals surface area contributed by atoms with Gasteiger partial charge in [-0.05, 0) is 32.9 Å². The minimum atomic E-state index is -3.61. The fourth-order valence-corrected chi connectivity index (χ4v) is 3.27. The van der Waals surface area contributed by atoms with Gasteiger partial charge in [-0.15, -0.1) is 0 Å². The third kappa shape index (κ3) is 4.82. The monoisotopic (exact) mass is 429 g/mol. The first-order valence-electron chi connectivity index (χ1n) is 9.08. The molecular weight excluding hydrogens is 406 g/mol. The highest BCUT2D eigenvalue weighted by Gasteiger charge is 2.20. The van der Waals surface area contributed by atoms with Gasteiger partial charge >= 0.3 is 6.03 Å². The quantitative estimate of drug-likeness (QED) is 0.611. The van der Waals surface area contributed by atoms with E-state index < -0.39 is 21.4 Å². The molecule has 0 spiro atoms. The number of carbonyl (C=O) groups excluding carboxylic acids is 1. The lowest BCUT2D eigenvalue weighted by molar-refractivity contribution is 0.243. The lowest BCUT2D eigenvalue weighted by atomic mass is 10.0. The first kappa shape index (κ1) is 21.4. The Balaban J connectivity index is 2.20. The van der Waals surface area contributed by atoms with Gasteiger partial charge in [0.25, 0.3) is 0 Å². The zero-order chi connectivity index (χ0) is 22.1. The molecule has 0 unspecified atom stereocenters. The van der Waals surface area contributed by atoms with Crippen molar-refractivity contribution in [2.24, 2.45) is 0 Å². The molecular formula is C20H23N5O4S. The summed E-state index contributed by atoms with van der Waals surface area (Å²) >= 11 is 0.